The molecule has 1 aliphatic carbocycles. The first kappa shape index (κ1) is 9.41. The third kappa shape index (κ3) is 2.38. The third-order valence-corrected chi connectivity index (χ3v) is 3.65. The fourth-order valence-corrected chi connectivity index (χ4v) is 2.81. The van der Waals surface area contributed by atoms with Crippen LogP contribution in [0.1, 0.15) is 13.3 Å². The highest BCUT2D eigenvalue weighted by molar-refractivity contribution is 14.1. The van der Waals surface area contributed by atoms with Crippen LogP contribution in [0, 0.1) is 5.92 Å². The SMILES string of the molecule is CC1C=CC(S(=O)[O-])=C(I)C1. The molecule has 62 valence electrons. The lowest BCUT2D eigenvalue weighted by Gasteiger charge is -2.17. The van der Waals surface area contributed by atoms with Gasteiger partial charge in [0, 0.05) is 8.48 Å². The highest BCUT2D eigenvalue weighted by Crippen LogP contribution is 2.29. The van der Waals surface area contributed by atoms with Crippen LogP contribution in [0.3, 0.4) is 0 Å². The van der Waals surface area contributed by atoms with Gasteiger partial charge in [0.2, 0.25) is 0 Å². The molecule has 2 nitrogen and oxygen atoms in total. The smallest absolute Gasteiger partial charge is 0.0338 e. The summed E-state index contributed by atoms with van der Waals surface area (Å²) in [6.07, 6.45) is 4.45. The summed E-state index contributed by atoms with van der Waals surface area (Å²) < 4.78 is 22.1. The molecular weight excluding hydrogens is 275 g/mol. The Balaban J connectivity index is 2.88. The zero-order valence-corrected chi connectivity index (χ0v) is 9.02. The molecule has 0 heterocycles. The minimum atomic E-state index is -2.06. The van der Waals surface area contributed by atoms with Crippen LogP contribution < -0.4 is 0 Å². The normalized spacial score (nSPS) is 27.4. The Hall–Kier alpha value is 0.320. The highest BCUT2D eigenvalue weighted by atomic mass is 127. The van der Waals surface area contributed by atoms with Crippen molar-refractivity contribution in [3.63, 3.8) is 0 Å². The Labute approximate surface area is 82.2 Å². The Morgan fingerprint density at radius 2 is 2.45 bits per heavy atom. The predicted molar refractivity (Wildman–Crippen MR) is 52.9 cm³/mol. The molecule has 2 atom stereocenters. The van der Waals surface area contributed by atoms with Gasteiger partial charge in [0.05, 0.1) is 0 Å². The average molecular weight is 283 g/mol. The molecule has 0 aromatic heterocycles. The first-order valence-electron chi connectivity index (χ1n) is 3.27. The van der Waals surface area contributed by atoms with Gasteiger partial charge in [-0.3, -0.25) is 4.21 Å². The first-order valence-corrected chi connectivity index (χ1v) is 5.42. The summed E-state index contributed by atoms with van der Waals surface area (Å²) >= 11 is 0.0229. The predicted octanol–water partition coefficient (Wildman–Crippen LogP) is 2.11. The second kappa shape index (κ2) is 3.82. The second-order valence-corrected chi connectivity index (χ2v) is 4.76. The summed E-state index contributed by atoms with van der Waals surface area (Å²) in [6.45, 7) is 2.07. The van der Waals surface area contributed by atoms with Gasteiger partial charge in [-0.25, -0.2) is 0 Å². The maximum atomic E-state index is 10.6. The van der Waals surface area contributed by atoms with E-state index in [1.165, 1.54) is 0 Å². The summed E-state index contributed by atoms with van der Waals surface area (Å²) in [4.78, 5) is 0.448. The van der Waals surface area contributed by atoms with Crippen LogP contribution >= 0.6 is 22.6 Å². The minimum absolute atomic E-state index is 0.448. The van der Waals surface area contributed by atoms with Crippen molar-refractivity contribution in [2.75, 3.05) is 0 Å². The number of hydrogen-bond donors (Lipinski definition) is 0. The van der Waals surface area contributed by atoms with E-state index in [4.69, 9.17) is 0 Å². The van der Waals surface area contributed by atoms with Gasteiger partial charge in [-0.2, -0.15) is 0 Å². The summed E-state index contributed by atoms with van der Waals surface area (Å²) in [5, 5.41) is 0. The molecule has 0 amide bonds. The van der Waals surface area contributed by atoms with Gasteiger partial charge >= 0.3 is 0 Å². The lowest BCUT2D eigenvalue weighted by atomic mass is 10.0. The molecule has 0 saturated carbocycles. The third-order valence-electron chi connectivity index (χ3n) is 1.52. The Morgan fingerprint density at radius 1 is 1.82 bits per heavy atom. The van der Waals surface area contributed by atoms with E-state index in [1.54, 1.807) is 6.08 Å². The van der Waals surface area contributed by atoms with Crippen LogP contribution in [-0.2, 0) is 11.1 Å². The molecule has 0 saturated heterocycles. The van der Waals surface area contributed by atoms with Crippen molar-refractivity contribution in [3.8, 4) is 0 Å². The number of halogens is 1. The molecule has 1 rings (SSSR count). The van der Waals surface area contributed by atoms with E-state index in [9.17, 15) is 8.76 Å². The first-order chi connectivity index (χ1) is 5.11. The Morgan fingerprint density at radius 3 is 2.91 bits per heavy atom. The maximum Gasteiger partial charge on any atom is 0.0338 e. The van der Waals surface area contributed by atoms with Crippen molar-refractivity contribution >= 4 is 33.7 Å². The van der Waals surface area contributed by atoms with Crippen molar-refractivity contribution in [2.24, 2.45) is 5.92 Å². The van der Waals surface area contributed by atoms with Crippen molar-refractivity contribution in [3.05, 3.63) is 20.6 Å². The quantitative estimate of drug-likeness (QED) is 0.546. The van der Waals surface area contributed by atoms with Crippen LogP contribution in [0.5, 0.6) is 0 Å². The van der Waals surface area contributed by atoms with Crippen molar-refractivity contribution < 1.29 is 8.76 Å². The Bertz CT molecular complexity index is 245. The number of allylic oxidation sites excluding steroid dienone is 3. The topological polar surface area (TPSA) is 40.1 Å². The summed E-state index contributed by atoms with van der Waals surface area (Å²) in [5.41, 5.74) is 0. The van der Waals surface area contributed by atoms with E-state index in [0.717, 1.165) is 10.0 Å². The second-order valence-electron chi connectivity index (χ2n) is 2.54. The van der Waals surface area contributed by atoms with Gasteiger partial charge in [-0.1, -0.05) is 19.1 Å². The van der Waals surface area contributed by atoms with Crippen LogP contribution in [0.2, 0.25) is 0 Å². The molecule has 0 fully saturated rings. The highest BCUT2D eigenvalue weighted by Gasteiger charge is 2.10. The molecule has 0 aromatic carbocycles. The van der Waals surface area contributed by atoms with Gasteiger partial charge in [0.15, 0.2) is 0 Å². The molecule has 1 aliphatic rings. The van der Waals surface area contributed by atoms with Crippen molar-refractivity contribution in [1.29, 1.82) is 0 Å². The Kier molecular flexibility index (Phi) is 3.27. The molecule has 0 radical (unpaired) electrons. The van der Waals surface area contributed by atoms with Crippen molar-refractivity contribution in [1.82, 2.24) is 0 Å². The average Bonchev–Trinajstić information content (AvgIpc) is 1.85. The summed E-state index contributed by atoms with van der Waals surface area (Å²) in [7, 11) is 0. The molecule has 0 aliphatic heterocycles. The molecule has 11 heavy (non-hydrogen) atoms. The molecule has 0 aromatic rings. The molecule has 0 spiro atoms. The van der Waals surface area contributed by atoms with E-state index in [0.29, 0.717) is 10.8 Å². The molecule has 0 bridgehead atoms. The fourth-order valence-electron chi connectivity index (χ4n) is 0.939. The largest absolute Gasteiger partial charge is 0.768 e. The van der Waals surface area contributed by atoms with E-state index >= 15 is 0 Å². The van der Waals surface area contributed by atoms with E-state index in [2.05, 4.69) is 29.5 Å². The van der Waals surface area contributed by atoms with Gasteiger partial charge in [-0.05, 0) is 46.0 Å². The monoisotopic (exact) mass is 283 g/mol. The number of rotatable bonds is 1. The van der Waals surface area contributed by atoms with Gasteiger partial charge < -0.3 is 4.55 Å². The summed E-state index contributed by atoms with van der Waals surface area (Å²) in [6, 6.07) is 0. The van der Waals surface area contributed by atoms with E-state index < -0.39 is 11.1 Å². The van der Waals surface area contributed by atoms with Gasteiger partial charge in [0.1, 0.15) is 0 Å². The zero-order chi connectivity index (χ0) is 8.43. The van der Waals surface area contributed by atoms with Crippen LogP contribution in [0.25, 0.3) is 0 Å². The van der Waals surface area contributed by atoms with E-state index in [-0.39, 0.29) is 0 Å². The van der Waals surface area contributed by atoms with Crippen LogP contribution in [0.4, 0.5) is 0 Å². The molecule has 0 N–H and O–H groups in total. The maximum absolute atomic E-state index is 10.6. The van der Waals surface area contributed by atoms with Gasteiger partial charge in [-0.15, -0.1) is 0 Å². The van der Waals surface area contributed by atoms with Crippen LogP contribution in [0.15, 0.2) is 20.6 Å². The standard InChI is InChI=1S/C7H9IO2S/c1-5-2-3-7(11(9)10)6(8)4-5/h2-3,5H,4H2,1H3,(H,9,10)/p-1. The molecular formula is C7H8IO2S-. The minimum Gasteiger partial charge on any atom is -0.768 e. The number of hydrogen-bond acceptors (Lipinski definition) is 2. The molecule has 2 unspecified atom stereocenters. The fraction of sp³-hybridized carbons (Fsp3) is 0.429. The lowest BCUT2D eigenvalue weighted by molar-refractivity contribution is 0.543. The van der Waals surface area contributed by atoms with Crippen molar-refractivity contribution in [2.45, 2.75) is 13.3 Å². The molecule has 4 heteroatoms. The summed E-state index contributed by atoms with van der Waals surface area (Å²) in [5.74, 6) is 0.467. The van der Waals surface area contributed by atoms with E-state index in [1.807, 2.05) is 6.08 Å². The van der Waals surface area contributed by atoms with Crippen LogP contribution in [-0.4, -0.2) is 8.76 Å². The zero-order valence-electron chi connectivity index (χ0n) is 6.04. The lowest BCUT2D eigenvalue weighted by Crippen LogP contribution is -2.01. The van der Waals surface area contributed by atoms with Gasteiger partial charge in [0.25, 0.3) is 0 Å².